The molecule has 0 aromatic heterocycles. The van der Waals surface area contributed by atoms with E-state index in [0.717, 1.165) is 28.2 Å². The van der Waals surface area contributed by atoms with Crippen LogP contribution in [0.3, 0.4) is 0 Å². The highest BCUT2D eigenvalue weighted by Crippen LogP contribution is 2.34. The van der Waals surface area contributed by atoms with Gasteiger partial charge in [-0.2, -0.15) is 0 Å². The molecule has 4 heteroatoms. The van der Waals surface area contributed by atoms with Gasteiger partial charge in [-0.1, -0.05) is 18.5 Å². The van der Waals surface area contributed by atoms with E-state index in [4.69, 9.17) is 16.3 Å². The van der Waals surface area contributed by atoms with Crippen molar-refractivity contribution < 1.29 is 4.74 Å². The van der Waals surface area contributed by atoms with E-state index < -0.39 is 0 Å². The van der Waals surface area contributed by atoms with Crippen molar-refractivity contribution >= 4 is 27.5 Å². The standard InChI is InChI=1S/C15H21BrClNO/c1-11-4-3-5-18(10-11)6-7-19-15-13(16)8-12(2)9-14(15)17/h8-9,11H,3-7,10H2,1-2H3/t11-/m1/s1. The Morgan fingerprint density at radius 2 is 2.26 bits per heavy atom. The number of aryl methyl sites for hydroxylation is 1. The summed E-state index contributed by atoms with van der Waals surface area (Å²) < 4.78 is 6.77. The minimum absolute atomic E-state index is 0.680. The lowest BCUT2D eigenvalue weighted by atomic mass is 10.0. The molecule has 0 aliphatic carbocycles. The first-order valence-corrected chi connectivity index (χ1v) is 8.04. The van der Waals surface area contributed by atoms with E-state index in [0.29, 0.717) is 11.6 Å². The second kappa shape index (κ2) is 6.96. The number of hydrogen-bond donors (Lipinski definition) is 0. The van der Waals surface area contributed by atoms with Crippen LogP contribution in [-0.2, 0) is 0 Å². The third-order valence-corrected chi connectivity index (χ3v) is 4.41. The summed E-state index contributed by atoms with van der Waals surface area (Å²) in [6.07, 6.45) is 2.66. The molecule has 1 aromatic carbocycles. The molecule has 0 amide bonds. The summed E-state index contributed by atoms with van der Waals surface area (Å²) in [5.74, 6) is 1.57. The third kappa shape index (κ3) is 4.37. The predicted molar refractivity (Wildman–Crippen MR) is 84.2 cm³/mol. The Kier molecular flexibility index (Phi) is 5.55. The van der Waals surface area contributed by atoms with Gasteiger partial charge in [0.15, 0.2) is 5.75 Å². The fourth-order valence-corrected chi connectivity index (χ4v) is 3.72. The Morgan fingerprint density at radius 1 is 1.47 bits per heavy atom. The van der Waals surface area contributed by atoms with Gasteiger partial charge in [0.2, 0.25) is 0 Å². The Morgan fingerprint density at radius 3 is 2.95 bits per heavy atom. The molecule has 1 fully saturated rings. The Balaban J connectivity index is 1.85. The molecule has 1 aliphatic heterocycles. The molecule has 1 saturated heterocycles. The summed E-state index contributed by atoms with van der Waals surface area (Å²) in [5, 5.41) is 0.680. The fraction of sp³-hybridized carbons (Fsp3) is 0.600. The number of benzene rings is 1. The fourth-order valence-electron chi connectivity index (χ4n) is 2.59. The SMILES string of the molecule is Cc1cc(Cl)c(OCCN2CCC[C@@H](C)C2)c(Br)c1. The van der Waals surface area contributed by atoms with E-state index in [9.17, 15) is 0 Å². The van der Waals surface area contributed by atoms with Crippen molar-refractivity contribution in [3.63, 3.8) is 0 Å². The maximum atomic E-state index is 6.21. The largest absolute Gasteiger partial charge is 0.490 e. The topological polar surface area (TPSA) is 12.5 Å². The predicted octanol–water partition coefficient (Wildman–Crippen LogP) is 4.52. The molecule has 19 heavy (non-hydrogen) atoms. The van der Waals surface area contributed by atoms with Gasteiger partial charge < -0.3 is 4.74 Å². The molecule has 0 radical (unpaired) electrons. The lowest BCUT2D eigenvalue weighted by Crippen LogP contribution is -2.37. The second-order valence-electron chi connectivity index (χ2n) is 5.45. The molecular formula is C15H21BrClNO. The van der Waals surface area contributed by atoms with Gasteiger partial charge in [-0.05, 0) is 65.9 Å². The summed E-state index contributed by atoms with van der Waals surface area (Å²) in [5.41, 5.74) is 1.13. The minimum atomic E-state index is 0.680. The Bertz CT molecular complexity index is 415. The van der Waals surface area contributed by atoms with Crippen LogP contribution in [0.25, 0.3) is 0 Å². The Labute approximate surface area is 129 Å². The molecule has 1 aromatic rings. The summed E-state index contributed by atoms with van der Waals surface area (Å²) in [4.78, 5) is 2.48. The van der Waals surface area contributed by atoms with Crippen LogP contribution in [0.15, 0.2) is 16.6 Å². The molecule has 0 bridgehead atoms. The van der Waals surface area contributed by atoms with Crippen LogP contribution >= 0.6 is 27.5 Å². The van der Waals surface area contributed by atoms with Gasteiger partial charge in [0.25, 0.3) is 0 Å². The average molecular weight is 347 g/mol. The summed E-state index contributed by atoms with van der Waals surface area (Å²) in [6.45, 7) is 8.38. The van der Waals surface area contributed by atoms with Crippen LogP contribution in [0.1, 0.15) is 25.3 Å². The van der Waals surface area contributed by atoms with E-state index in [-0.39, 0.29) is 0 Å². The van der Waals surface area contributed by atoms with E-state index in [1.807, 2.05) is 19.1 Å². The van der Waals surface area contributed by atoms with Crippen LogP contribution in [0, 0.1) is 12.8 Å². The highest BCUT2D eigenvalue weighted by atomic mass is 79.9. The summed E-state index contributed by atoms with van der Waals surface area (Å²) >= 11 is 9.72. The van der Waals surface area contributed by atoms with Gasteiger partial charge >= 0.3 is 0 Å². The van der Waals surface area contributed by atoms with Gasteiger partial charge in [-0.15, -0.1) is 0 Å². The monoisotopic (exact) mass is 345 g/mol. The smallest absolute Gasteiger partial charge is 0.152 e. The van der Waals surface area contributed by atoms with Crippen molar-refractivity contribution in [3.8, 4) is 5.75 Å². The molecule has 106 valence electrons. The van der Waals surface area contributed by atoms with Crippen LogP contribution in [0.2, 0.25) is 5.02 Å². The second-order valence-corrected chi connectivity index (χ2v) is 6.72. The lowest BCUT2D eigenvalue weighted by Gasteiger charge is -2.30. The van der Waals surface area contributed by atoms with Crippen molar-refractivity contribution in [2.45, 2.75) is 26.7 Å². The average Bonchev–Trinajstić information content (AvgIpc) is 2.32. The number of ether oxygens (including phenoxy) is 1. The third-order valence-electron chi connectivity index (χ3n) is 3.54. The maximum Gasteiger partial charge on any atom is 0.152 e. The Hall–Kier alpha value is -0.250. The number of nitrogens with zero attached hydrogens (tertiary/aromatic N) is 1. The van der Waals surface area contributed by atoms with Crippen LogP contribution in [0.4, 0.5) is 0 Å². The van der Waals surface area contributed by atoms with E-state index in [2.05, 4.69) is 27.8 Å². The molecular weight excluding hydrogens is 326 g/mol. The summed E-state index contributed by atoms with van der Waals surface area (Å²) in [7, 11) is 0. The first-order chi connectivity index (χ1) is 9.06. The first kappa shape index (κ1) is 15.1. The molecule has 0 spiro atoms. The highest BCUT2D eigenvalue weighted by Gasteiger charge is 2.16. The molecule has 1 atom stereocenters. The molecule has 0 N–H and O–H groups in total. The highest BCUT2D eigenvalue weighted by molar-refractivity contribution is 9.10. The molecule has 2 rings (SSSR count). The normalized spacial score (nSPS) is 20.5. The van der Waals surface area contributed by atoms with Crippen LogP contribution in [-0.4, -0.2) is 31.1 Å². The first-order valence-electron chi connectivity index (χ1n) is 6.87. The molecule has 2 nitrogen and oxygen atoms in total. The van der Waals surface area contributed by atoms with Crippen molar-refractivity contribution in [2.24, 2.45) is 5.92 Å². The van der Waals surface area contributed by atoms with E-state index in [1.165, 1.54) is 25.9 Å². The molecule has 1 aliphatic rings. The number of halogens is 2. The zero-order valence-corrected chi connectivity index (χ0v) is 13.9. The maximum absolute atomic E-state index is 6.21. The van der Waals surface area contributed by atoms with E-state index >= 15 is 0 Å². The number of rotatable bonds is 4. The summed E-state index contributed by atoms with van der Waals surface area (Å²) in [6, 6.07) is 3.97. The zero-order chi connectivity index (χ0) is 13.8. The lowest BCUT2D eigenvalue weighted by molar-refractivity contribution is 0.153. The quantitative estimate of drug-likeness (QED) is 0.794. The zero-order valence-electron chi connectivity index (χ0n) is 11.6. The number of likely N-dealkylation sites (tertiary alicyclic amines) is 1. The van der Waals surface area contributed by atoms with Crippen molar-refractivity contribution in [1.82, 2.24) is 4.90 Å². The van der Waals surface area contributed by atoms with Gasteiger partial charge in [-0.3, -0.25) is 4.90 Å². The van der Waals surface area contributed by atoms with Crippen molar-refractivity contribution in [2.75, 3.05) is 26.2 Å². The van der Waals surface area contributed by atoms with E-state index in [1.54, 1.807) is 0 Å². The molecule has 0 unspecified atom stereocenters. The van der Waals surface area contributed by atoms with Gasteiger partial charge in [0.1, 0.15) is 6.61 Å². The van der Waals surface area contributed by atoms with Gasteiger partial charge in [0.05, 0.1) is 9.50 Å². The van der Waals surface area contributed by atoms with Crippen molar-refractivity contribution in [3.05, 3.63) is 27.2 Å². The minimum Gasteiger partial charge on any atom is -0.490 e. The number of hydrogen-bond acceptors (Lipinski definition) is 2. The number of piperidine rings is 1. The molecule has 0 saturated carbocycles. The van der Waals surface area contributed by atoms with Crippen LogP contribution in [0.5, 0.6) is 5.75 Å². The van der Waals surface area contributed by atoms with Gasteiger partial charge in [0, 0.05) is 13.1 Å². The van der Waals surface area contributed by atoms with Gasteiger partial charge in [-0.25, -0.2) is 0 Å². The van der Waals surface area contributed by atoms with Crippen molar-refractivity contribution in [1.29, 1.82) is 0 Å². The molecule has 1 heterocycles. The van der Waals surface area contributed by atoms with Crippen LogP contribution < -0.4 is 4.74 Å².